The van der Waals surface area contributed by atoms with Crippen molar-refractivity contribution in [3.63, 3.8) is 0 Å². The summed E-state index contributed by atoms with van der Waals surface area (Å²) in [7, 11) is 0. The molecule has 0 bridgehead atoms. The minimum atomic E-state index is 0.551. The first-order chi connectivity index (χ1) is 7.86. The zero-order valence-electron chi connectivity index (χ0n) is 10.0. The van der Waals surface area contributed by atoms with Crippen LogP contribution >= 0.6 is 0 Å². The topological polar surface area (TPSA) is 29.9 Å². The van der Waals surface area contributed by atoms with E-state index >= 15 is 0 Å². The van der Waals surface area contributed by atoms with Crippen molar-refractivity contribution >= 4 is 0 Å². The number of nitrogens with zero attached hydrogens (tertiary/aromatic N) is 2. The molecule has 3 unspecified atom stereocenters. The number of aromatic nitrogens is 2. The molecule has 2 fully saturated rings. The Morgan fingerprint density at radius 3 is 2.94 bits per heavy atom. The lowest BCUT2D eigenvalue weighted by Crippen LogP contribution is -2.20. The second-order valence-electron chi connectivity index (χ2n) is 5.35. The van der Waals surface area contributed by atoms with Crippen molar-refractivity contribution < 1.29 is 0 Å². The van der Waals surface area contributed by atoms with Crippen molar-refractivity contribution in [2.24, 2.45) is 5.92 Å². The summed E-state index contributed by atoms with van der Waals surface area (Å²) in [5.41, 5.74) is 1.41. The van der Waals surface area contributed by atoms with Gasteiger partial charge in [-0.15, -0.1) is 0 Å². The summed E-state index contributed by atoms with van der Waals surface area (Å²) in [6, 6.07) is 1.25. The van der Waals surface area contributed by atoms with E-state index in [1.165, 1.54) is 37.8 Å². The van der Waals surface area contributed by atoms with Crippen LogP contribution in [0, 0.1) is 5.92 Å². The summed E-state index contributed by atoms with van der Waals surface area (Å²) in [4.78, 5) is 4.37. The SMILES string of the molecule is CC1CCCC1n1cncc1C1CCCN1. The van der Waals surface area contributed by atoms with Gasteiger partial charge in [-0.05, 0) is 38.1 Å². The standard InChI is InChI=1S/C13H21N3/c1-10-4-2-6-12(10)16-9-14-8-13(16)11-5-3-7-15-11/h8-12,15H,2-7H2,1H3. The molecule has 1 saturated heterocycles. The Kier molecular flexibility index (Phi) is 2.72. The van der Waals surface area contributed by atoms with Gasteiger partial charge in [0.25, 0.3) is 0 Å². The summed E-state index contributed by atoms with van der Waals surface area (Å²) < 4.78 is 2.45. The maximum atomic E-state index is 4.37. The number of hydrogen-bond donors (Lipinski definition) is 1. The van der Waals surface area contributed by atoms with Crippen molar-refractivity contribution in [3.8, 4) is 0 Å². The zero-order chi connectivity index (χ0) is 11.0. The molecule has 2 heterocycles. The van der Waals surface area contributed by atoms with Gasteiger partial charge in [0.1, 0.15) is 0 Å². The van der Waals surface area contributed by atoms with Crippen LogP contribution in [-0.4, -0.2) is 16.1 Å². The van der Waals surface area contributed by atoms with Gasteiger partial charge < -0.3 is 9.88 Å². The second kappa shape index (κ2) is 4.21. The number of imidazole rings is 1. The molecule has 3 nitrogen and oxygen atoms in total. The molecule has 1 N–H and O–H groups in total. The van der Waals surface area contributed by atoms with Gasteiger partial charge in [-0.2, -0.15) is 0 Å². The fraction of sp³-hybridized carbons (Fsp3) is 0.769. The van der Waals surface area contributed by atoms with E-state index in [9.17, 15) is 0 Å². The molecule has 1 aromatic rings. The number of hydrogen-bond acceptors (Lipinski definition) is 2. The van der Waals surface area contributed by atoms with Crippen LogP contribution in [0.2, 0.25) is 0 Å². The van der Waals surface area contributed by atoms with Gasteiger partial charge in [0, 0.05) is 18.3 Å². The molecule has 1 saturated carbocycles. The molecule has 3 atom stereocenters. The fourth-order valence-corrected chi connectivity index (χ4v) is 3.34. The lowest BCUT2D eigenvalue weighted by Gasteiger charge is -2.22. The Bertz CT molecular complexity index is 352. The van der Waals surface area contributed by atoms with Crippen molar-refractivity contribution in [3.05, 3.63) is 18.2 Å². The van der Waals surface area contributed by atoms with Crippen LogP contribution in [0.5, 0.6) is 0 Å². The summed E-state index contributed by atoms with van der Waals surface area (Å²) >= 11 is 0. The van der Waals surface area contributed by atoms with Gasteiger partial charge in [0.15, 0.2) is 0 Å². The highest BCUT2D eigenvalue weighted by Gasteiger charge is 2.28. The lowest BCUT2D eigenvalue weighted by molar-refractivity contribution is 0.386. The normalized spacial score (nSPS) is 34.7. The van der Waals surface area contributed by atoms with E-state index in [2.05, 4.69) is 28.0 Å². The Morgan fingerprint density at radius 1 is 1.31 bits per heavy atom. The average Bonchev–Trinajstić information content (AvgIpc) is 2.95. The van der Waals surface area contributed by atoms with Crippen molar-refractivity contribution in [2.75, 3.05) is 6.54 Å². The largest absolute Gasteiger partial charge is 0.330 e. The quantitative estimate of drug-likeness (QED) is 0.828. The van der Waals surface area contributed by atoms with Crippen molar-refractivity contribution in [2.45, 2.75) is 51.1 Å². The van der Waals surface area contributed by atoms with E-state index in [0.29, 0.717) is 12.1 Å². The fourth-order valence-electron chi connectivity index (χ4n) is 3.34. The van der Waals surface area contributed by atoms with E-state index in [-0.39, 0.29) is 0 Å². The predicted molar refractivity (Wildman–Crippen MR) is 64.3 cm³/mol. The van der Waals surface area contributed by atoms with Gasteiger partial charge >= 0.3 is 0 Å². The van der Waals surface area contributed by atoms with Crippen LogP contribution in [-0.2, 0) is 0 Å². The third-order valence-corrected chi connectivity index (χ3v) is 4.29. The van der Waals surface area contributed by atoms with Gasteiger partial charge in [-0.1, -0.05) is 13.3 Å². The second-order valence-corrected chi connectivity index (χ2v) is 5.35. The minimum Gasteiger partial charge on any atom is -0.330 e. The van der Waals surface area contributed by atoms with Gasteiger partial charge in [-0.25, -0.2) is 4.98 Å². The first kappa shape index (κ1) is 10.3. The molecule has 0 aromatic carbocycles. The van der Waals surface area contributed by atoms with Gasteiger partial charge in [0.05, 0.1) is 12.0 Å². The van der Waals surface area contributed by atoms with Gasteiger partial charge in [0.2, 0.25) is 0 Å². The van der Waals surface area contributed by atoms with Crippen LogP contribution < -0.4 is 5.32 Å². The molecule has 0 radical (unpaired) electrons. The molecule has 3 rings (SSSR count). The smallest absolute Gasteiger partial charge is 0.0951 e. The van der Waals surface area contributed by atoms with E-state index in [1.54, 1.807) is 0 Å². The first-order valence-corrected chi connectivity index (χ1v) is 6.61. The molecular formula is C13H21N3. The van der Waals surface area contributed by atoms with E-state index in [0.717, 1.165) is 12.5 Å². The van der Waals surface area contributed by atoms with Crippen LogP contribution in [0.1, 0.15) is 56.8 Å². The van der Waals surface area contributed by atoms with Crippen LogP contribution in [0.15, 0.2) is 12.5 Å². The Hall–Kier alpha value is -0.830. The third-order valence-electron chi connectivity index (χ3n) is 4.29. The molecule has 0 amide bonds. The predicted octanol–water partition coefficient (Wildman–Crippen LogP) is 2.67. The highest BCUT2D eigenvalue weighted by atomic mass is 15.1. The molecule has 1 aromatic heterocycles. The van der Waals surface area contributed by atoms with Crippen molar-refractivity contribution in [1.29, 1.82) is 0 Å². The monoisotopic (exact) mass is 219 g/mol. The summed E-state index contributed by atoms with van der Waals surface area (Å²) in [6.07, 6.45) is 10.8. The summed E-state index contributed by atoms with van der Waals surface area (Å²) in [5, 5.41) is 3.58. The molecule has 3 heteroatoms. The van der Waals surface area contributed by atoms with Crippen LogP contribution in [0.25, 0.3) is 0 Å². The molecule has 1 aliphatic carbocycles. The molecule has 16 heavy (non-hydrogen) atoms. The molecule has 88 valence electrons. The molecule has 0 spiro atoms. The number of nitrogens with one attached hydrogen (secondary N) is 1. The van der Waals surface area contributed by atoms with E-state index in [4.69, 9.17) is 0 Å². The maximum Gasteiger partial charge on any atom is 0.0951 e. The Morgan fingerprint density at radius 2 is 2.25 bits per heavy atom. The first-order valence-electron chi connectivity index (χ1n) is 6.61. The number of rotatable bonds is 2. The Labute approximate surface area is 97.3 Å². The Balaban J connectivity index is 1.86. The van der Waals surface area contributed by atoms with E-state index in [1.807, 2.05) is 6.33 Å². The van der Waals surface area contributed by atoms with Crippen LogP contribution in [0.3, 0.4) is 0 Å². The zero-order valence-corrected chi connectivity index (χ0v) is 10.0. The summed E-state index contributed by atoms with van der Waals surface area (Å²) in [6.45, 7) is 3.54. The average molecular weight is 219 g/mol. The minimum absolute atomic E-state index is 0.551. The highest BCUT2D eigenvalue weighted by molar-refractivity contribution is 5.09. The van der Waals surface area contributed by atoms with E-state index < -0.39 is 0 Å². The van der Waals surface area contributed by atoms with Crippen molar-refractivity contribution in [1.82, 2.24) is 14.9 Å². The molecule has 1 aliphatic heterocycles. The molecule has 2 aliphatic rings. The van der Waals surface area contributed by atoms with Gasteiger partial charge in [-0.3, -0.25) is 0 Å². The summed E-state index contributed by atoms with van der Waals surface area (Å²) in [5.74, 6) is 0.814. The third kappa shape index (κ3) is 1.67. The maximum absolute atomic E-state index is 4.37. The van der Waals surface area contributed by atoms with Crippen LogP contribution in [0.4, 0.5) is 0 Å². The molecular weight excluding hydrogens is 198 g/mol. The lowest BCUT2D eigenvalue weighted by atomic mass is 10.1. The highest BCUT2D eigenvalue weighted by Crippen LogP contribution is 2.37.